The van der Waals surface area contributed by atoms with Gasteiger partial charge in [-0.1, -0.05) is 44.6 Å². The lowest BCUT2D eigenvalue weighted by atomic mass is 9.94. The number of aliphatic hydroxyl groups excluding tert-OH is 1. The Bertz CT molecular complexity index is 1140. The van der Waals surface area contributed by atoms with E-state index in [1.54, 1.807) is 29.2 Å². The van der Waals surface area contributed by atoms with Gasteiger partial charge in [-0.2, -0.15) is 0 Å². The van der Waals surface area contributed by atoms with E-state index >= 15 is 0 Å². The topological polar surface area (TPSA) is 79.3 Å². The summed E-state index contributed by atoms with van der Waals surface area (Å²) in [6.45, 7) is 9.60. The molecule has 198 valence electrons. The van der Waals surface area contributed by atoms with Crippen LogP contribution in [0.2, 0.25) is 0 Å². The molecular formula is C30H38N2O5. The molecule has 37 heavy (non-hydrogen) atoms. The summed E-state index contributed by atoms with van der Waals surface area (Å²) in [6.07, 6.45) is 4.88. The standard InChI is InChI=1S/C30H38N2O5/c1-6-8-9-19-36-24-13-10-22(11-14-24)27-26(29(34)30(35)32(27)17-16-31(4)5)28(33)23-12-15-25(21(3)20-23)37-18-7-2/h7,10-15,20,27,33H,2,6,8-9,16-19H2,1,3-5H3/b28-26+. The van der Waals surface area contributed by atoms with Crippen LogP contribution in [0.4, 0.5) is 0 Å². The second kappa shape index (κ2) is 13.1. The molecule has 7 heteroatoms. The maximum Gasteiger partial charge on any atom is 0.295 e. The highest BCUT2D eigenvalue weighted by Gasteiger charge is 2.45. The van der Waals surface area contributed by atoms with Crippen LogP contribution in [0.3, 0.4) is 0 Å². The Kier molecular flexibility index (Phi) is 9.92. The van der Waals surface area contributed by atoms with Crippen molar-refractivity contribution in [3.63, 3.8) is 0 Å². The van der Waals surface area contributed by atoms with E-state index in [2.05, 4.69) is 13.5 Å². The second-order valence-electron chi connectivity index (χ2n) is 9.50. The molecular weight excluding hydrogens is 468 g/mol. The molecule has 0 aliphatic carbocycles. The van der Waals surface area contributed by atoms with Gasteiger partial charge in [-0.05, 0) is 68.9 Å². The van der Waals surface area contributed by atoms with Gasteiger partial charge in [0, 0.05) is 18.7 Å². The van der Waals surface area contributed by atoms with Gasteiger partial charge in [0.25, 0.3) is 11.7 Å². The van der Waals surface area contributed by atoms with Crippen LogP contribution in [0.5, 0.6) is 11.5 Å². The van der Waals surface area contributed by atoms with Gasteiger partial charge in [-0.25, -0.2) is 0 Å². The Morgan fingerprint density at radius 2 is 1.84 bits per heavy atom. The normalized spacial score (nSPS) is 16.9. The maximum atomic E-state index is 13.2. The van der Waals surface area contributed by atoms with Crippen molar-refractivity contribution < 1.29 is 24.2 Å². The van der Waals surface area contributed by atoms with E-state index in [1.807, 2.05) is 50.2 Å². The molecule has 1 fully saturated rings. The number of likely N-dealkylation sites (N-methyl/N-ethyl adjacent to an activating group) is 1. The highest BCUT2D eigenvalue weighted by atomic mass is 16.5. The Balaban J connectivity index is 1.99. The molecule has 1 atom stereocenters. The molecule has 1 heterocycles. The molecule has 7 nitrogen and oxygen atoms in total. The Morgan fingerprint density at radius 3 is 2.46 bits per heavy atom. The molecule has 1 unspecified atom stereocenters. The van der Waals surface area contributed by atoms with Gasteiger partial charge in [-0.3, -0.25) is 9.59 Å². The third kappa shape index (κ3) is 6.80. The van der Waals surface area contributed by atoms with Crippen molar-refractivity contribution in [3.05, 3.63) is 77.4 Å². The van der Waals surface area contributed by atoms with Crippen LogP contribution in [-0.2, 0) is 9.59 Å². The van der Waals surface area contributed by atoms with Crippen molar-refractivity contribution in [1.29, 1.82) is 0 Å². The predicted octanol–water partition coefficient (Wildman–Crippen LogP) is 5.11. The minimum atomic E-state index is -0.703. The number of nitrogens with zero attached hydrogens (tertiary/aromatic N) is 2. The van der Waals surface area contributed by atoms with Crippen LogP contribution >= 0.6 is 0 Å². The lowest BCUT2D eigenvalue weighted by Gasteiger charge is -2.26. The molecule has 1 aliphatic rings. The number of hydrogen-bond donors (Lipinski definition) is 1. The number of hydrogen-bond acceptors (Lipinski definition) is 6. The van der Waals surface area contributed by atoms with Gasteiger partial charge in [0.1, 0.15) is 23.9 Å². The van der Waals surface area contributed by atoms with E-state index in [0.29, 0.717) is 37.6 Å². The lowest BCUT2D eigenvalue weighted by Crippen LogP contribution is -2.35. The Labute approximate surface area is 220 Å². The van der Waals surface area contributed by atoms with Crippen LogP contribution in [0.1, 0.15) is 48.9 Å². The van der Waals surface area contributed by atoms with Crippen molar-refractivity contribution >= 4 is 17.4 Å². The number of carbonyl (C=O) groups excluding carboxylic acids is 2. The highest BCUT2D eigenvalue weighted by molar-refractivity contribution is 6.46. The first kappa shape index (κ1) is 28.0. The van der Waals surface area contributed by atoms with Gasteiger partial charge in [0.15, 0.2) is 0 Å². The maximum absolute atomic E-state index is 13.2. The van der Waals surface area contributed by atoms with E-state index in [4.69, 9.17) is 9.47 Å². The molecule has 0 spiro atoms. The average Bonchev–Trinajstić information content (AvgIpc) is 3.14. The third-order valence-corrected chi connectivity index (χ3v) is 6.35. The first-order valence-electron chi connectivity index (χ1n) is 12.8. The smallest absolute Gasteiger partial charge is 0.295 e. The second-order valence-corrected chi connectivity index (χ2v) is 9.50. The van der Waals surface area contributed by atoms with Crippen LogP contribution in [0, 0.1) is 6.92 Å². The number of Topliss-reactive ketones (excluding diaryl/α,β-unsaturated/α-hetero) is 1. The number of aryl methyl sites for hydroxylation is 1. The van der Waals surface area contributed by atoms with E-state index in [-0.39, 0.29) is 11.3 Å². The van der Waals surface area contributed by atoms with Crippen LogP contribution in [-0.4, -0.2) is 67.0 Å². The van der Waals surface area contributed by atoms with E-state index in [9.17, 15) is 14.7 Å². The Hall–Kier alpha value is -3.58. The first-order valence-corrected chi connectivity index (χ1v) is 12.8. The van der Waals surface area contributed by atoms with Crippen molar-refractivity contribution in [2.75, 3.05) is 40.4 Å². The molecule has 2 aromatic rings. The zero-order chi connectivity index (χ0) is 26.9. The molecule has 1 saturated heterocycles. The molecule has 0 aromatic heterocycles. The fraction of sp³-hybridized carbons (Fsp3) is 0.400. The fourth-order valence-electron chi connectivity index (χ4n) is 4.32. The average molecular weight is 507 g/mol. The summed E-state index contributed by atoms with van der Waals surface area (Å²) in [5, 5.41) is 11.3. The largest absolute Gasteiger partial charge is 0.507 e. The number of carbonyl (C=O) groups is 2. The van der Waals surface area contributed by atoms with Gasteiger partial charge in [-0.15, -0.1) is 0 Å². The van der Waals surface area contributed by atoms with Crippen molar-refractivity contribution in [2.24, 2.45) is 0 Å². The molecule has 1 aliphatic heterocycles. The minimum absolute atomic E-state index is 0.0829. The van der Waals surface area contributed by atoms with Crippen molar-refractivity contribution in [1.82, 2.24) is 9.80 Å². The molecule has 1 amide bonds. The van der Waals surface area contributed by atoms with E-state index in [0.717, 1.165) is 36.1 Å². The zero-order valence-corrected chi connectivity index (χ0v) is 22.3. The van der Waals surface area contributed by atoms with Crippen LogP contribution < -0.4 is 9.47 Å². The summed E-state index contributed by atoms with van der Waals surface area (Å²) in [5.74, 6) is -0.111. The molecule has 0 radical (unpaired) electrons. The van der Waals surface area contributed by atoms with Gasteiger partial charge < -0.3 is 24.4 Å². The van der Waals surface area contributed by atoms with E-state index in [1.165, 1.54) is 0 Å². The van der Waals surface area contributed by atoms with Crippen molar-refractivity contribution in [3.8, 4) is 11.5 Å². The summed E-state index contributed by atoms with van der Waals surface area (Å²) in [6, 6.07) is 11.9. The van der Waals surface area contributed by atoms with Gasteiger partial charge >= 0.3 is 0 Å². The summed E-state index contributed by atoms with van der Waals surface area (Å²) in [7, 11) is 3.82. The first-order chi connectivity index (χ1) is 17.8. The van der Waals surface area contributed by atoms with E-state index < -0.39 is 17.7 Å². The summed E-state index contributed by atoms with van der Waals surface area (Å²) < 4.78 is 11.5. The summed E-state index contributed by atoms with van der Waals surface area (Å²) in [4.78, 5) is 29.8. The number of ketones is 1. The number of benzene rings is 2. The van der Waals surface area contributed by atoms with Crippen LogP contribution in [0.15, 0.2) is 60.7 Å². The number of unbranched alkanes of at least 4 members (excludes halogenated alkanes) is 2. The monoisotopic (exact) mass is 506 g/mol. The zero-order valence-electron chi connectivity index (χ0n) is 22.3. The number of aliphatic hydroxyl groups is 1. The molecule has 3 rings (SSSR count). The summed E-state index contributed by atoms with van der Waals surface area (Å²) >= 11 is 0. The number of likely N-dealkylation sites (tertiary alicyclic amines) is 1. The lowest BCUT2D eigenvalue weighted by molar-refractivity contribution is -0.140. The fourth-order valence-corrected chi connectivity index (χ4v) is 4.32. The van der Waals surface area contributed by atoms with Crippen LogP contribution in [0.25, 0.3) is 5.76 Å². The van der Waals surface area contributed by atoms with Gasteiger partial charge in [0.2, 0.25) is 0 Å². The quantitative estimate of drug-likeness (QED) is 0.134. The van der Waals surface area contributed by atoms with Crippen molar-refractivity contribution in [2.45, 2.75) is 39.2 Å². The highest BCUT2D eigenvalue weighted by Crippen LogP contribution is 2.40. The predicted molar refractivity (Wildman–Crippen MR) is 146 cm³/mol. The number of rotatable bonds is 13. The minimum Gasteiger partial charge on any atom is -0.507 e. The van der Waals surface area contributed by atoms with Gasteiger partial charge in [0.05, 0.1) is 18.2 Å². The SMILES string of the molecule is C=CCOc1ccc(/C(O)=C2\C(=O)C(=O)N(CCN(C)C)C2c2ccc(OCCCCC)cc2)cc1C. The molecule has 0 saturated carbocycles. The summed E-state index contributed by atoms with van der Waals surface area (Å²) in [5.41, 5.74) is 2.08. The third-order valence-electron chi connectivity index (χ3n) is 6.35. The molecule has 0 bridgehead atoms. The molecule has 2 aromatic carbocycles. The molecule has 1 N–H and O–H groups in total. The number of ether oxygens (including phenoxy) is 2. The Morgan fingerprint density at radius 1 is 1.11 bits per heavy atom. The number of amides is 1.